The normalized spacial score (nSPS) is 10.4. The molecule has 0 saturated heterocycles. The van der Waals surface area contributed by atoms with Gasteiger partial charge in [0.2, 0.25) is 0 Å². The topological polar surface area (TPSA) is 52.8 Å². The van der Waals surface area contributed by atoms with Gasteiger partial charge in [-0.1, -0.05) is 0 Å². The maximum absolute atomic E-state index is 13.8. The van der Waals surface area contributed by atoms with Crippen LogP contribution in [0, 0.1) is 5.82 Å². The van der Waals surface area contributed by atoms with Gasteiger partial charge in [-0.15, -0.1) is 16.7 Å². The molecule has 1 aromatic heterocycles. The summed E-state index contributed by atoms with van der Waals surface area (Å²) in [5.41, 5.74) is 0.798. The number of methoxy groups -OCH3 is 1. The molecule has 0 atom stereocenters. The van der Waals surface area contributed by atoms with Gasteiger partial charge in [-0.2, -0.15) is 0 Å². The maximum atomic E-state index is 13.8. The monoisotopic (exact) mass is 242 g/mol. The summed E-state index contributed by atoms with van der Waals surface area (Å²) in [5, 5.41) is 10.6. The standard InChI is InChI=1S/C9H8ClFN4O/c1-16-8-3-2-7(6(4-10)9(8)11)15-5-12-13-14-15/h2-3,5H,4H2,1H3. The summed E-state index contributed by atoms with van der Waals surface area (Å²) < 4.78 is 20.0. The quantitative estimate of drug-likeness (QED) is 0.767. The highest BCUT2D eigenvalue weighted by molar-refractivity contribution is 6.17. The lowest BCUT2D eigenvalue weighted by molar-refractivity contribution is 0.384. The smallest absolute Gasteiger partial charge is 0.171 e. The summed E-state index contributed by atoms with van der Waals surface area (Å²) in [6, 6.07) is 3.15. The van der Waals surface area contributed by atoms with E-state index >= 15 is 0 Å². The van der Waals surface area contributed by atoms with E-state index < -0.39 is 5.82 Å². The molecule has 0 radical (unpaired) electrons. The zero-order valence-electron chi connectivity index (χ0n) is 8.39. The molecule has 0 fully saturated rings. The number of nitrogens with zero attached hydrogens (tertiary/aromatic N) is 4. The van der Waals surface area contributed by atoms with Crippen molar-refractivity contribution in [3.63, 3.8) is 0 Å². The van der Waals surface area contributed by atoms with E-state index in [1.807, 2.05) is 0 Å². The number of aromatic nitrogens is 4. The molecule has 0 aliphatic heterocycles. The molecule has 1 aromatic carbocycles. The zero-order chi connectivity index (χ0) is 11.5. The van der Waals surface area contributed by atoms with E-state index in [4.69, 9.17) is 16.3 Å². The summed E-state index contributed by atoms with van der Waals surface area (Å²) in [7, 11) is 1.40. The highest BCUT2D eigenvalue weighted by atomic mass is 35.5. The highest BCUT2D eigenvalue weighted by Gasteiger charge is 2.15. The fourth-order valence-corrected chi connectivity index (χ4v) is 1.61. The fraction of sp³-hybridized carbons (Fsp3) is 0.222. The lowest BCUT2D eigenvalue weighted by Crippen LogP contribution is -2.03. The number of halogens is 2. The fourth-order valence-electron chi connectivity index (χ4n) is 1.36. The maximum Gasteiger partial charge on any atom is 0.171 e. The Bertz CT molecular complexity index is 489. The number of tetrazole rings is 1. The number of hydrogen-bond donors (Lipinski definition) is 0. The molecule has 0 N–H and O–H groups in total. The molecule has 0 saturated carbocycles. The van der Waals surface area contributed by atoms with Crippen LogP contribution < -0.4 is 4.74 Å². The summed E-state index contributed by atoms with van der Waals surface area (Å²) in [5.74, 6) is -0.337. The van der Waals surface area contributed by atoms with E-state index in [0.29, 0.717) is 11.3 Å². The Morgan fingerprint density at radius 1 is 1.50 bits per heavy atom. The van der Waals surface area contributed by atoms with Crippen LogP contribution in [0.3, 0.4) is 0 Å². The van der Waals surface area contributed by atoms with Crippen molar-refractivity contribution in [2.24, 2.45) is 0 Å². The summed E-state index contributed by atoms with van der Waals surface area (Å²) >= 11 is 5.71. The van der Waals surface area contributed by atoms with Gasteiger partial charge in [0.1, 0.15) is 6.33 Å². The first-order valence-electron chi connectivity index (χ1n) is 4.42. The van der Waals surface area contributed by atoms with Gasteiger partial charge < -0.3 is 4.74 Å². The molecule has 16 heavy (non-hydrogen) atoms. The third kappa shape index (κ3) is 1.71. The van der Waals surface area contributed by atoms with E-state index in [0.717, 1.165) is 0 Å². The molecule has 0 amide bonds. The third-order valence-electron chi connectivity index (χ3n) is 2.13. The van der Waals surface area contributed by atoms with Crippen LogP contribution in [0.25, 0.3) is 5.69 Å². The predicted octanol–water partition coefficient (Wildman–Crippen LogP) is 1.55. The summed E-state index contributed by atoms with van der Waals surface area (Å²) in [4.78, 5) is 0. The van der Waals surface area contributed by atoms with Crippen molar-refractivity contribution in [1.82, 2.24) is 20.2 Å². The second kappa shape index (κ2) is 4.44. The molecule has 0 aliphatic carbocycles. The van der Waals surface area contributed by atoms with Gasteiger partial charge in [0.05, 0.1) is 18.7 Å². The molecule has 0 bridgehead atoms. The minimum absolute atomic E-state index is 0.0121. The Hall–Kier alpha value is -1.69. The van der Waals surface area contributed by atoms with Gasteiger partial charge in [-0.05, 0) is 22.6 Å². The van der Waals surface area contributed by atoms with E-state index in [1.165, 1.54) is 24.2 Å². The Balaban J connectivity index is 2.59. The van der Waals surface area contributed by atoms with Gasteiger partial charge in [0.15, 0.2) is 11.6 Å². The molecule has 1 heterocycles. The zero-order valence-corrected chi connectivity index (χ0v) is 9.15. The van der Waals surface area contributed by atoms with Crippen molar-refractivity contribution >= 4 is 11.6 Å². The van der Waals surface area contributed by atoms with Crippen LogP contribution in [0.2, 0.25) is 0 Å². The van der Waals surface area contributed by atoms with Crippen LogP contribution >= 0.6 is 11.6 Å². The molecule has 0 unspecified atom stereocenters. The van der Waals surface area contributed by atoms with Crippen molar-refractivity contribution < 1.29 is 9.13 Å². The summed E-state index contributed by atoms with van der Waals surface area (Å²) in [6.07, 6.45) is 1.37. The molecule has 2 aromatic rings. The number of hydrogen-bond acceptors (Lipinski definition) is 4. The van der Waals surface area contributed by atoms with Gasteiger partial charge in [-0.3, -0.25) is 0 Å². The molecule has 5 nitrogen and oxygen atoms in total. The van der Waals surface area contributed by atoms with E-state index in [2.05, 4.69) is 15.5 Å². The minimum atomic E-state index is -0.495. The average molecular weight is 243 g/mol. The van der Waals surface area contributed by atoms with E-state index in [1.54, 1.807) is 6.07 Å². The number of ether oxygens (including phenoxy) is 1. The average Bonchev–Trinajstić information content (AvgIpc) is 2.82. The van der Waals surface area contributed by atoms with Gasteiger partial charge >= 0.3 is 0 Å². The number of benzene rings is 1. The number of rotatable bonds is 3. The Morgan fingerprint density at radius 3 is 2.88 bits per heavy atom. The van der Waals surface area contributed by atoms with Crippen molar-refractivity contribution in [3.8, 4) is 11.4 Å². The second-order valence-electron chi connectivity index (χ2n) is 2.97. The Labute approximate surface area is 95.8 Å². The minimum Gasteiger partial charge on any atom is -0.494 e. The van der Waals surface area contributed by atoms with Crippen molar-refractivity contribution in [2.75, 3.05) is 7.11 Å². The lowest BCUT2D eigenvalue weighted by atomic mass is 10.1. The molecule has 84 valence electrons. The largest absolute Gasteiger partial charge is 0.494 e. The predicted molar refractivity (Wildman–Crippen MR) is 55.2 cm³/mol. The van der Waals surface area contributed by atoms with Crippen molar-refractivity contribution in [3.05, 3.63) is 29.8 Å². The van der Waals surface area contributed by atoms with E-state index in [9.17, 15) is 4.39 Å². The summed E-state index contributed by atoms with van der Waals surface area (Å²) in [6.45, 7) is 0. The number of alkyl halides is 1. The molecule has 0 aliphatic rings. The van der Waals surface area contributed by atoms with E-state index in [-0.39, 0.29) is 11.6 Å². The van der Waals surface area contributed by atoms with Crippen LogP contribution in [-0.2, 0) is 5.88 Å². The lowest BCUT2D eigenvalue weighted by Gasteiger charge is -2.10. The van der Waals surface area contributed by atoms with Crippen LogP contribution in [0.4, 0.5) is 4.39 Å². The Kier molecular flexibility index (Phi) is 3.00. The Morgan fingerprint density at radius 2 is 2.31 bits per heavy atom. The molecule has 7 heteroatoms. The molecule has 0 spiro atoms. The molecule has 2 rings (SSSR count). The first-order chi connectivity index (χ1) is 7.77. The molecular weight excluding hydrogens is 235 g/mol. The first-order valence-corrected chi connectivity index (χ1v) is 4.96. The van der Waals surface area contributed by atoms with Crippen molar-refractivity contribution in [2.45, 2.75) is 5.88 Å². The first kappa shape index (κ1) is 10.8. The van der Waals surface area contributed by atoms with Gasteiger partial charge in [0, 0.05) is 5.56 Å². The van der Waals surface area contributed by atoms with Gasteiger partial charge in [-0.25, -0.2) is 9.07 Å². The van der Waals surface area contributed by atoms with Crippen LogP contribution in [0.5, 0.6) is 5.75 Å². The van der Waals surface area contributed by atoms with Crippen molar-refractivity contribution in [1.29, 1.82) is 0 Å². The SMILES string of the molecule is COc1ccc(-n2cnnn2)c(CCl)c1F. The van der Waals surface area contributed by atoms with Gasteiger partial charge in [0.25, 0.3) is 0 Å². The molecular formula is C9H8ClFN4O. The second-order valence-corrected chi connectivity index (χ2v) is 3.23. The third-order valence-corrected chi connectivity index (χ3v) is 2.40. The van der Waals surface area contributed by atoms with Crippen LogP contribution in [0.15, 0.2) is 18.5 Å². The van der Waals surface area contributed by atoms with Crippen LogP contribution in [-0.4, -0.2) is 27.3 Å². The highest BCUT2D eigenvalue weighted by Crippen LogP contribution is 2.26. The van der Waals surface area contributed by atoms with Crippen LogP contribution in [0.1, 0.15) is 5.56 Å².